The number of aliphatic hydroxyl groups is 1. The van der Waals surface area contributed by atoms with E-state index in [4.69, 9.17) is 9.05 Å². The highest BCUT2D eigenvalue weighted by atomic mass is 31.2. The van der Waals surface area contributed by atoms with E-state index in [0.29, 0.717) is 17.4 Å². The van der Waals surface area contributed by atoms with E-state index >= 15 is 0 Å². The van der Waals surface area contributed by atoms with E-state index in [1.54, 1.807) is 6.08 Å². The third kappa shape index (κ3) is 26.2. The number of allylic oxidation sites excluding steroid dienone is 1. The topological polar surface area (TPSA) is 105 Å². The molecule has 0 heterocycles. The highest BCUT2D eigenvalue weighted by Crippen LogP contribution is 2.43. The summed E-state index contributed by atoms with van der Waals surface area (Å²) < 4.78 is 23.2. The van der Waals surface area contributed by atoms with Crippen molar-refractivity contribution in [3.63, 3.8) is 0 Å². The van der Waals surface area contributed by atoms with Gasteiger partial charge in [0.25, 0.3) is 0 Å². The number of phosphoric acid groups is 1. The van der Waals surface area contributed by atoms with Crippen LogP contribution in [-0.4, -0.2) is 73.4 Å². The van der Waals surface area contributed by atoms with Crippen molar-refractivity contribution in [2.24, 2.45) is 0 Å². The Hall–Kier alpha value is -0.760. The Bertz CT molecular complexity index is 683. The van der Waals surface area contributed by atoms with Crippen LogP contribution in [0.25, 0.3) is 0 Å². The van der Waals surface area contributed by atoms with Gasteiger partial charge in [-0.3, -0.25) is 13.8 Å². The standard InChI is InChI=1S/C31H63N2O6P/c1-6-8-10-12-14-16-17-19-21-23-25-31(35)32-29(28-39-40(36,37)38-27-26-33(3,4)5)30(34)24-22-20-18-15-13-11-9-7-2/h22,24,29-30,34H,6-21,23,25-28H2,1-5H3,(H-,32,35,36,37)/p+1/b24-22+. The van der Waals surface area contributed by atoms with Crippen molar-refractivity contribution in [2.75, 3.05) is 40.9 Å². The fourth-order valence-electron chi connectivity index (χ4n) is 4.33. The van der Waals surface area contributed by atoms with Crippen LogP contribution in [0.1, 0.15) is 129 Å². The third-order valence-electron chi connectivity index (χ3n) is 7.01. The minimum Gasteiger partial charge on any atom is -0.387 e. The lowest BCUT2D eigenvalue weighted by Gasteiger charge is -2.25. The number of unbranched alkanes of at least 4 members (excludes halogenated alkanes) is 15. The first kappa shape index (κ1) is 39.2. The van der Waals surface area contributed by atoms with Crippen molar-refractivity contribution in [1.82, 2.24) is 5.32 Å². The minimum absolute atomic E-state index is 0.0632. The molecule has 0 aromatic heterocycles. The molecule has 0 aromatic carbocycles. The number of rotatable bonds is 28. The summed E-state index contributed by atoms with van der Waals surface area (Å²) in [6, 6.07) is -0.834. The molecule has 0 saturated heterocycles. The van der Waals surface area contributed by atoms with Crippen LogP contribution in [0.4, 0.5) is 0 Å². The fraction of sp³-hybridized carbons (Fsp3) is 0.903. The molecule has 0 aliphatic heterocycles. The number of hydrogen-bond acceptors (Lipinski definition) is 5. The van der Waals surface area contributed by atoms with Gasteiger partial charge in [0, 0.05) is 6.42 Å². The maximum atomic E-state index is 12.6. The molecule has 0 aliphatic rings. The number of nitrogens with zero attached hydrogens (tertiary/aromatic N) is 1. The van der Waals surface area contributed by atoms with Crippen LogP contribution in [0.3, 0.4) is 0 Å². The largest absolute Gasteiger partial charge is 0.472 e. The average Bonchev–Trinajstić information content (AvgIpc) is 2.88. The Balaban J connectivity index is 4.64. The van der Waals surface area contributed by atoms with Crippen LogP contribution in [0.15, 0.2) is 12.2 Å². The molecule has 0 saturated carbocycles. The summed E-state index contributed by atoms with van der Waals surface area (Å²) in [6.07, 6.45) is 22.8. The summed E-state index contributed by atoms with van der Waals surface area (Å²) in [4.78, 5) is 22.7. The third-order valence-corrected chi connectivity index (χ3v) is 7.99. The van der Waals surface area contributed by atoms with Crippen molar-refractivity contribution in [2.45, 2.75) is 142 Å². The van der Waals surface area contributed by atoms with E-state index in [-0.39, 0.29) is 19.1 Å². The lowest BCUT2D eigenvalue weighted by molar-refractivity contribution is -0.870. The Morgan fingerprint density at radius 3 is 1.85 bits per heavy atom. The molecule has 8 nitrogen and oxygen atoms in total. The summed E-state index contributed by atoms with van der Waals surface area (Å²) >= 11 is 0. The van der Waals surface area contributed by atoms with Crippen LogP contribution in [-0.2, 0) is 18.4 Å². The highest BCUT2D eigenvalue weighted by molar-refractivity contribution is 7.47. The van der Waals surface area contributed by atoms with Crippen molar-refractivity contribution >= 4 is 13.7 Å². The Kier molecular flexibility index (Phi) is 24.3. The van der Waals surface area contributed by atoms with Gasteiger partial charge in [-0.1, -0.05) is 116 Å². The molecule has 0 spiro atoms. The van der Waals surface area contributed by atoms with Crippen molar-refractivity contribution in [3.8, 4) is 0 Å². The highest BCUT2D eigenvalue weighted by Gasteiger charge is 2.27. The van der Waals surface area contributed by atoms with Crippen molar-refractivity contribution in [3.05, 3.63) is 12.2 Å². The summed E-state index contributed by atoms with van der Waals surface area (Å²) in [5, 5.41) is 13.6. The van der Waals surface area contributed by atoms with Crippen LogP contribution < -0.4 is 5.32 Å². The zero-order valence-corrected chi connectivity index (χ0v) is 27.5. The summed E-state index contributed by atoms with van der Waals surface area (Å²) in [6.45, 7) is 4.72. The molecule has 3 unspecified atom stereocenters. The molecule has 0 bridgehead atoms. The molecule has 40 heavy (non-hydrogen) atoms. The molecule has 0 rings (SSSR count). The summed E-state index contributed by atoms with van der Waals surface area (Å²) in [5.41, 5.74) is 0. The summed E-state index contributed by atoms with van der Waals surface area (Å²) in [5.74, 6) is -0.185. The molecular weight excluding hydrogens is 527 g/mol. The van der Waals surface area contributed by atoms with Gasteiger partial charge in [-0.25, -0.2) is 4.57 Å². The SMILES string of the molecule is CCCCCCCC/C=C/C(O)C(COP(=O)(O)OCC[N+](C)(C)C)NC(=O)CCCCCCCCCCCC. The second-order valence-corrected chi connectivity index (χ2v) is 13.6. The number of phosphoric ester groups is 1. The molecular formula is C31H64N2O6P+. The molecule has 0 radical (unpaired) electrons. The van der Waals surface area contributed by atoms with E-state index in [2.05, 4.69) is 19.2 Å². The van der Waals surface area contributed by atoms with Crippen LogP contribution in [0.5, 0.6) is 0 Å². The van der Waals surface area contributed by atoms with E-state index in [1.165, 1.54) is 70.6 Å². The molecule has 3 N–H and O–H groups in total. The molecule has 238 valence electrons. The molecule has 1 amide bonds. The molecule has 3 atom stereocenters. The van der Waals surface area contributed by atoms with Gasteiger partial charge >= 0.3 is 7.82 Å². The van der Waals surface area contributed by atoms with Gasteiger partial charge in [-0.2, -0.15) is 0 Å². The van der Waals surface area contributed by atoms with Gasteiger partial charge in [-0.15, -0.1) is 0 Å². The van der Waals surface area contributed by atoms with Gasteiger partial charge < -0.3 is 19.8 Å². The van der Waals surface area contributed by atoms with E-state index in [1.807, 2.05) is 27.2 Å². The number of carbonyl (C=O) groups excluding carboxylic acids is 1. The second kappa shape index (κ2) is 24.8. The van der Waals surface area contributed by atoms with Gasteiger partial charge in [0.1, 0.15) is 13.2 Å². The molecule has 9 heteroatoms. The van der Waals surface area contributed by atoms with Crippen LogP contribution in [0.2, 0.25) is 0 Å². The minimum atomic E-state index is -4.31. The van der Waals surface area contributed by atoms with Gasteiger partial charge in [0.2, 0.25) is 5.91 Å². The first-order chi connectivity index (χ1) is 19.0. The monoisotopic (exact) mass is 591 g/mol. The number of hydrogen-bond donors (Lipinski definition) is 3. The fourth-order valence-corrected chi connectivity index (χ4v) is 5.07. The second-order valence-electron chi connectivity index (χ2n) is 12.2. The first-order valence-corrected chi connectivity index (χ1v) is 17.6. The Morgan fingerprint density at radius 2 is 1.32 bits per heavy atom. The summed E-state index contributed by atoms with van der Waals surface area (Å²) in [7, 11) is 1.57. The van der Waals surface area contributed by atoms with Gasteiger partial charge in [0.15, 0.2) is 0 Å². The quantitative estimate of drug-likeness (QED) is 0.0382. The zero-order chi connectivity index (χ0) is 30.1. The predicted molar refractivity (Wildman–Crippen MR) is 166 cm³/mol. The maximum Gasteiger partial charge on any atom is 0.472 e. The number of aliphatic hydroxyl groups excluding tert-OH is 1. The van der Waals surface area contributed by atoms with Crippen LogP contribution >= 0.6 is 7.82 Å². The predicted octanol–water partition coefficient (Wildman–Crippen LogP) is 7.29. The number of quaternary nitrogens is 1. The lowest BCUT2D eigenvalue weighted by atomic mass is 10.1. The lowest BCUT2D eigenvalue weighted by Crippen LogP contribution is -2.45. The average molecular weight is 592 g/mol. The number of amides is 1. The van der Waals surface area contributed by atoms with E-state index < -0.39 is 20.0 Å². The normalized spacial score (nSPS) is 15.3. The first-order valence-electron chi connectivity index (χ1n) is 16.1. The zero-order valence-electron chi connectivity index (χ0n) is 26.6. The Morgan fingerprint density at radius 1 is 0.825 bits per heavy atom. The van der Waals surface area contributed by atoms with Gasteiger partial charge in [0.05, 0.1) is 39.9 Å². The van der Waals surface area contributed by atoms with Crippen LogP contribution in [0, 0.1) is 0 Å². The molecule has 0 fully saturated rings. The number of carbonyl (C=O) groups is 1. The van der Waals surface area contributed by atoms with Crippen molar-refractivity contribution < 1.29 is 32.9 Å². The molecule has 0 aromatic rings. The van der Waals surface area contributed by atoms with E-state index in [9.17, 15) is 19.4 Å². The molecule has 0 aliphatic carbocycles. The maximum absolute atomic E-state index is 12.6. The number of nitrogens with one attached hydrogen (secondary N) is 1. The van der Waals surface area contributed by atoms with Gasteiger partial charge in [-0.05, 0) is 19.3 Å². The Labute approximate surface area is 246 Å². The van der Waals surface area contributed by atoms with E-state index in [0.717, 1.165) is 38.5 Å². The number of likely N-dealkylation sites (N-methyl/N-ethyl adjacent to an activating group) is 1. The smallest absolute Gasteiger partial charge is 0.387 e. The van der Waals surface area contributed by atoms with Crippen molar-refractivity contribution in [1.29, 1.82) is 0 Å².